The van der Waals surface area contributed by atoms with Crippen LogP contribution < -0.4 is 0 Å². The summed E-state index contributed by atoms with van der Waals surface area (Å²) in [5.41, 5.74) is 0.624. The molecule has 0 bridgehead atoms. The number of hydrogen-bond donors (Lipinski definition) is 0. The van der Waals surface area contributed by atoms with Gasteiger partial charge in [0.05, 0.1) is 17.7 Å². The summed E-state index contributed by atoms with van der Waals surface area (Å²) >= 11 is 0. The van der Waals surface area contributed by atoms with E-state index in [0.717, 1.165) is 12.1 Å². The lowest BCUT2D eigenvalue weighted by Crippen LogP contribution is -2.30. The fourth-order valence-electron chi connectivity index (χ4n) is 2.35. The van der Waals surface area contributed by atoms with E-state index in [2.05, 4.69) is 0 Å². The quantitative estimate of drug-likeness (QED) is 0.666. The van der Waals surface area contributed by atoms with Crippen molar-refractivity contribution in [1.29, 1.82) is 0 Å². The number of furan rings is 1. The summed E-state index contributed by atoms with van der Waals surface area (Å²) in [4.78, 5) is -0.0254. The molecule has 0 unspecified atom stereocenters. The van der Waals surface area contributed by atoms with Crippen molar-refractivity contribution in [3.63, 3.8) is 0 Å². The number of hydrogen-bond acceptors (Lipinski definition) is 3. The SMILES string of the molecule is O=S(=O)(c1ccc(F)cc1)N(Cc1ccc(F)cc1)Cc1ccco1. The van der Waals surface area contributed by atoms with Crippen molar-refractivity contribution in [2.24, 2.45) is 0 Å². The smallest absolute Gasteiger partial charge is 0.243 e. The largest absolute Gasteiger partial charge is 0.468 e. The van der Waals surface area contributed by atoms with Crippen LogP contribution >= 0.6 is 0 Å². The highest BCUT2D eigenvalue weighted by Crippen LogP contribution is 2.22. The van der Waals surface area contributed by atoms with Crippen LogP contribution in [0.3, 0.4) is 0 Å². The van der Waals surface area contributed by atoms with Crippen LogP contribution in [-0.2, 0) is 23.1 Å². The minimum Gasteiger partial charge on any atom is -0.468 e. The Morgan fingerprint density at radius 3 is 2.00 bits per heavy atom. The summed E-state index contributed by atoms with van der Waals surface area (Å²) in [5, 5.41) is 0. The Hall–Kier alpha value is -2.51. The molecule has 3 aromatic rings. The number of sulfonamides is 1. The van der Waals surface area contributed by atoms with E-state index in [9.17, 15) is 17.2 Å². The van der Waals surface area contributed by atoms with Crippen LogP contribution in [0, 0.1) is 11.6 Å². The zero-order valence-electron chi connectivity index (χ0n) is 13.1. The van der Waals surface area contributed by atoms with Crippen molar-refractivity contribution < 1.29 is 21.6 Å². The van der Waals surface area contributed by atoms with Crippen molar-refractivity contribution in [2.75, 3.05) is 0 Å². The summed E-state index contributed by atoms with van der Waals surface area (Å²) in [6, 6.07) is 13.5. The lowest BCUT2D eigenvalue weighted by molar-refractivity contribution is 0.358. The van der Waals surface area contributed by atoms with Gasteiger partial charge in [-0.25, -0.2) is 17.2 Å². The maximum Gasteiger partial charge on any atom is 0.243 e. The fraction of sp³-hybridized carbons (Fsp3) is 0.111. The molecule has 0 radical (unpaired) electrons. The van der Waals surface area contributed by atoms with Gasteiger partial charge in [0, 0.05) is 6.54 Å². The molecule has 0 aliphatic carbocycles. The van der Waals surface area contributed by atoms with Gasteiger partial charge in [-0.1, -0.05) is 12.1 Å². The first-order valence-corrected chi connectivity index (χ1v) is 8.92. The van der Waals surface area contributed by atoms with E-state index in [4.69, 9.17) is 4.42 Å². The molecule has 1 heterocycles. The Labute approximate surface area is 144 Å². The monoisotopic (exact) mass is 363 g/mol. The van der Waals surface area contributed by atoms with Gasteiger partial charge in [-0.15, -0.1) is 0 Å². The molecule has 3 rings (SSSR count). The predicted octanol–water partition coefficient (Wildman–Crippen LogP) is 3.95. The van der Waals surface area contributed by atoms with Gasteiger partial charge >= 0.3 is 0 Å². The molecular weight excluding hydrogens is 348 g/mol. The molecule has 0 fully saturated rings. The molecule has 0 atom stereocenters. The summed E-state index contributed by atoms with van der Waals surface area (Å²) in [6.45, 7) is 0.0325. The number of benzene rings is 2. The first kappa shape index (κ1) is 17.3. The van der Waals surface area contributed by atoms with Gasteiger partial charge < -0.3 is 4.42 Å². The number of halogens is 2. The lowest BCUT2D eigenvalue weighted by Gasteiger charge is -2.21. The molecule has 0 saturated heterocycles. The van der Waals surface area contributed by atoms with Gasteiger partial charge in [-0.05, 0) is 54.1 Å². The molecule has 0 saturated carbocycles. The molecule has 4 nitrogen and oxygen atoms in total. The first-order valence-electron chi connectivity index (χ1n) is 7.48. The van der Waals surface area contributed by atoms with Gasteiger partial charge in [-0.3, -0.25) is 0 Å². The van der Waals surface area contributed by atoms with E-state index >= 15 is 0 Å². The van der Waals surface area contributed by atoms with Crippen LogP contribution in [0.15, 0.2) is 76.2 Å². The van der Waals surface area contributed by atoms with Gasteiger partial charge in [0.2, 0.25) is 10.0 Å². The van der Waals surface area contributed by atoms with Gasteiger partial charge in [0.15, 0.2) is 0 Å². The third-order valence-corrected chi connectivity index (χ3v) is 5.44. The lowest BCUT2D eigenvalue weighted by atomic mass is 10.2. The minimum atomic E-state index is -3.89. The Morgan fingerprint density at radius 2 is 1.44 bits per heavy atom. The van der Waals surface area contributed by atoms with Gasteiger partial charge in [0.1, 0.15) is 17.4 Å². The Bertz CT molecular complexity index is 921. The summed E-state index contributed by atoms with van der Waals surface area (Å²) < 4.78 is 58.5. The van der Waals surface area contributed by atoms with Crippen molar-refractivity contribution in [2.45, 2.75) is 18.0 Å². The normalized spacial score (nSPS) is 11.8. The average molecular weight is 363 g/mol. The molecule has 7 heteroatoms. The van der Waals surface area contributed by atoms with E-state index in [1.165, 1.54) is 47.0 Å². The van der Waals surface area contributed by atoms with E-state index in [1.807, 2.05) is 0 Å². The topological polar surface area (TPSA) is 50.5 Å². The van der Waals surface area contributed by atoms with Crippen LogP contribution in [-0.4, -0.2) is 12.7 Å². The second-order valence-electron chi connectivity index (χ2n) is 5.43. The van der Waals surface area contributed by atoms with Gasteiger partial charge in [-0.2, -0.15) is 4.31 Å². The third kappa shape index (κ3) is 4.12. The zero-order chi connectivity index (χ0) is 17.9. The first-order chi connectivity index (χ1) is 11.9. The second-order valence-corrected chi connectivity index (χ2v) is 7.37. The average Bonchev–Trinajstić information content (AvgIpc) is 3.10. The maximum atomic E-state index is 13.1. The highest BCUT2D eigenvalue weighted by Gasteiger charge is 2.26. The fourth-order valence-corrected chi connectivity index (χ4v) is 3.75. The van der Waals surface area contributed by atoms with Crippen molar-refractivity contribution >= 4 is 10.0 Å². The van der Waals surface area contributed by atoms with Crippen LogP contribution in [0.5, 0.6) is 0 Å². The van der Waals surface area contributed by atoms with E-state index in [1.54, 1.807) is 12.1 Å². The molecule has 25 heavy (non-hydrogen) atoms. The van der Waals surface area contributed by atoms with Crippen molar-refractivity contribution in [3.05, 3.63) is 89.9 Å². The predicted molar refractivity (Wildman–Crippen MR) is 87.9 cm³/mol. The van der Waals surface area contributed by atoms with E-state index in [0.29, 0.717) is 11.3 Å². The van der Waals surface area contributed by atoms with E-state index < -0.39 is 21.7 Å². The Morgan fingerprint density at radius 1 is 0.840 bits per heavy atom. The molecule has 0 aliphatic rings. The van der Waals surface area contributed by atoms with Crippen LogP contribution in [0.4, 0.5) is 8.78 Å². The highest BCUT2D eigenvalue weighted by atomic mass is 32.2. The summed E-state index contributed by atoms with van der Waals surface area (Å²) in [5.74, 6) is -0.453. The Kier molecular flexibility index (Phi) is 4.96. The molecule has 0 N–H and O–H groups in total. The standard InChI is InChI=1S/C18H15F2NO3S/c19-15-5-3-14(4-6-15)12-21(13-17-2-1-11-24-17)25(22,23)18-9-7-16(20)8-10-18/h1-11H,12-13H2. The molecule has 130 valence electrons. The Balaban J connectivity index is 1.94. The van der Waals surface area contributed by atoms with Crippen LogP contribution in [0.25, 0.3) is 0 Å². The third-order valence-electron chi connectivity index (χ3n) is 3.64. The number of rotatable bonds is 6. The molecule has 2 aromatic carbocycles. The van der Waals surface area contributed by atoms with Crippen LogP contribution in [0.1, 0.15) is 11.3 Å². The van der Waals surface area contributed by atoms with E-state index in [-0.39, 0.29) is 18.0 Å². The minimum absolute atomic E-state index is 0.00405. The zero-order valence-corrected chi connectivity index (χ0v) is 13.9. The second kappa shape index (κ2) is 7.16. The van der Waals surface area contributed by atoms with Crippen molar-refractivity contribution in [3.8, 4) is 0 Å². The van der Waals surface area contributed by atoms with Crippen LogP contribution in [0.2, 0.25) is 0 Å². The van der Waals surface area contributed by atoms with Crippen molar-refractivity contribution in [1.82, 2.24) is 4.31 Å². The molecule has 0 spiro atoms. The highest BCUT2D eigenvalue weighted by molar-refractivity contribution is 7.89. The number of nitrogens with zero attached hydrogens (tertiary/aromatic N) is 1. The molecule has 0 aliphatic heterocycles. The maximum absolute atomic E-state index is 13.1. The van der Waals surface area contributed by atoms with Gasteiger partial charge in [0.25, 0.3) is 0 Å². The molecule has 0 amide bonds. The summed E-state index contributed by atoms with van der Waals surface area (Å²) in [6.07, 6.45) is 1.45. The molecule has 1 aromatic heterocycles. The molecular formula is C18H15F2NO3S. The summed E-state index contributed by atoms with van der Waals surface area (Å²) in [7, 11) is -3.89.